The molecule has 0 unspecified atom stereocenters. The summed E-state index contributed by atoms with van der Waals surface area (Å²) in [4.78, 5) is 9.29. The molecule has 0 atom stereocenters. The van der Waals surface area contributed by atoms with E-state index < -0.39 is 10.0 Å². The highest BCUT2D eigenvalue weighted by Crippen LogP contribution is 2.34. The lowest BCUT2D eigenvalue weighted by molar-refractivity contribution is 0.405. The summed E-state index contributed by atoms with van der Waals surface area (Å²) in [7, 11) is -0.809. The van der Waals surface area contributed by atoms with Gasteiger partial charge in [0.15, 0.2) is 11.6 Å². The number of nitrogens with one attached hydrogen (secondary N) is 2. The number of hydrogen-bond acceptors (Lipinski definition) is 7. The van der Waals surface area contributed by atoms with Crippen molar-refractivity contribution < 1.29 is 17.9 Å². The summed E-state index contributed by atoms with van der Waals surface area (Å²) in [6.07, 6.45) is 0. The van der Waals surface area contributed by atoms with Gasteiger partial charge in [0, 0.05) is 6.07 Å². The molecular weight excluding hydrogens is 440 g/mol. The van der Waals surface area contributed by atoms with Crippen LogP contribution >= 0.6 is 0 Å². The Balaban J connectivity index is 1.81. The smallest absolute Gasteiger partial charge is 0.263 e. The van der Waals surface area contributed by atoms with Crippen LogP contribution < -0.4 is 19.5 Å². The second kappa shape index (κ2) is 8.95. The highest BCUT2D eigenvalue weighted by atomic mass is 32.2. The Morgan fingerprint density at radius 2 is 1.48 bits per heavy atom. The number of benzene rings is 3. The van der Waals surface area contributed by atoms with Crippen LogP contribution in [0.2, 0.25) is 0 Å². The molecule has 0 fully saturated rings. The molecule has 1 aromatic heterocycles. The SMILES string of the molecule is COc1ccc(OC)c(Nc2nc3ccccc3nc2NS(=O)(=O)c2ccc(C)c(C)c2)c1. The number of aromatic nitrogens is 2. The number of fused-ring (bicyclic) bond motifs is 1. The average molecular weight is 465 g/mol. The molecule has 0 radical (unpaired) electrons. The predicted molar refractivity (Wildman–Crippen MR) is 129 cm³/mol. The molecule has 0 aliphatic rings. The zero-order chi connectivity index (χ0) is 23.6. The third-order valence-corrected chi connectivity index (χ3v) is 6.59. The van der Waals surface area contributed by atoms with Crippen molar-refractivity contribution in [3.8, 4) is 11.5 Å². The molecule has 2 N–H and O–H groups in total. The lowest BCUT2D eigenvalue weighted by Gasteiger charge is -2.16. The van der Waals surface area contributed by atoms with Crippen molar-refractivity contribution in [3.05, 3.63) is 71.8 Å². The monoisotopic (exact) mass is 464 g/mol. The molecule has 8 nitrogen and oxygen atoms in total. The van der Waals surface area contributed by atoms with E-state index in [9.17, 15) is 8.42 Å². The Morgan fingerprint density at radius 1 is 0.788 bits per heavy atom. The Morgan fingerprint density at radius 3 is 2.12 bits per heavy atom. The molecule has 0 saturated carbocycles. The molecule has 170 valence electrons. The molecule has 1 heterocycles. The maximum Gasteiger partial charge on any atom is 0.263 e. The number of aryl methyl sites for hydroxylation is 2. The van der Waals surface area contributed by atoms with Gasteiger partial charge in [-0.1, -0.05) is 18.2 Å². The number of hydrogen-bond donors (Lipinski definition) is 2. The molecule has 4 rings (SSSR count). The van der Waals surface area contributed by atoms with Crippen LogP contribution in [0.15, 0.2) is 65.6 Å². The van der Waals surface area contributed by atoms with E-state index in [1.165, 1.54) is 0 Å². The van der Waals surface area contributed by atoms with Gasteiger partial charge in [-0.2, -0.15) is 0 Å². The lowest BCUT2D eigenvalue weighted by atomic mass is 10.1. The first-order chi connectivity index (χ1) is 15.8. The molecule has 0 aliphatic carbocycles. The van der Waals surface area contributed by atoms with Gasteiger partial charge in [0.05, 0.1) is 35.8 Å². The third kappa shape index (κ3) is 4.68. The normalized spacial score (nSPS) is 11.3. The highest BCUT2D eigenvalue weighted by Gasteiger charge is 2.20. The maximum atomic E-state index is 13.2. The fourth-order valence-electron chi connectivity index (χ4n) is 3.26. The standard InChI is InChI=1S/C24H24N4O4S/c1-15-9-11-18(13-16(15)2)33(29,30)28-24-23(25-19-7-5-6-8-20(19)26-24)27-21-14-17(31-3)10-12-22(21)32-4/h5-14H,1-4H3,(H,25,27)(H,26,28). The van der Waals surface area contributed by atoms with Gasteiger partial charge in [-0.25, -0.2) is 18.4 Å². The van der Waals surface area contributed by atoms with Crippen LogP contribution in [0.4, 0.5) is 17.3 Å². The number of methoxy groups -OCH3 is 2. The van der Waals surface area contributed by atoms with Gasteiger partial charge in [0.2, 0.25) is 0 Å². The first-order valence-electron chi connectivity index (χ1n) is 10.2. The summed E-state index contributed by atoms with van der Waals surface area (Å²) in [6.45, 7) is 3.80. The van der Waals surface area contributed by atoms with Crippen LogP contribution in [0.3, 0.4) is 0 Å². The van der Waals surface area contributed by atoms with E-state index in [-0.39, 0.29) is 16.5 Å². The van der Waals surface area contributed by atoms with Crippen LogP contribution in [0.5, 0.6) is 11.5 Å². The minimum atomic E-state index is -3.91. The predicted octanol–water partition coefficient (Wildman–Crippen LogP) is 4.81. The molecule has 0 bridgehead atoms. The molecular formula is C24H24N4O4S. The first kappa shape index (κ1) is 22.3. The summed E-state index contributed by atoms with van der Waals surface area (Å²) in [5.74, 6) is 1.43. The molecule has 0 saturated heterocycles. The van der Waals surface area contributed by atoms with Gasteiger partial charge in [0.25, 0.3) is 10.0 Å². The van der Waals surface area contributed by atoms with Crippen molar-refractivity contribution in [1.29, 1.82) is 0 Å². The average Bonchev–Trinajstić information content (AvgIpc) is 2.80. The van der Waals surface area contributed by atoms with Crippen molar-refractivity contribution in [2.45, 2.75) is 18.7 Å². The van der Waals surface area contributed by atoms with Crippen LogP contribution in [0.1, 0.15) is 11.1 Å². The molecule has 9 heteroatoms. The molecule has 0 spiro atoms. The number of para-hydroxylation sites is 2. The number of sulfonamides is 1. The van der Waals surface area contributed by atoms with Gasteiger partial charge in [-0.3, -0.25) is 4.72 Å². The second-order valence-electron chi connectivity index (χ2n) is 7.45. The molecule has 33 heavy (non-hydrogen) atoms. The second-order valence-corrected chi connectivity index (χ2v) is 9.13. The summed E-state index contributed by atoms with van der Waals surface area (Å²) in [6, 6.07) is 17.4. The van der Waals surface area contributed by atoms with Crippen LogP contribution in [-0.4, -0.2) is 32.6 Å². The number of rotatable bonds is 7. The van der Waals surface area contributed by atoms with Gasteiger partial charge in [0.1, 0.15) is 11.5 Å². The summed E-state index contributed by atoms with van der Waals surface area (Å²) < 4.78 is 39.7. The van der Waals surface area contributed by atoms with Gasteiger partial charge >= 0.3 is 0 Å². The zero-order valence-electron chi connectivity index (χ0n) is 18.7. The lowest BCUT2D eigenvalue weighted by Crippen LogP contribution is -2.16. The van der Waals surface area contributed by atoms with E-state index in [1.807, 2.05) is 26.0 Å². The van der Waals surface area contributed by atoms with E-state index >= 15 is 0 Å². The van der Waals surface area contributed by atoms with Crippen LogP contribution in [0, 0.1) is 13.8 Å². The topological polar surface area (TPSA) is 102 Å². The van der Waals surface area contributed by atoms with Gasteiger partial charge in [-0.15, -0.1) is 0 Å². The first-order valence-corrected chi connectivity index (χ1v) is 11.6. The van der Waals surface area contributed by atoms with Crippen molar-refractivity contribution in [2.24, 2.45) is 0 Å². The fourth-order valence-corrected chi connectivity index (χ4v) is 4.36. The van der Waals surface area contributed by atoms with Crippen molar-refractivity contribution >= 4 is 38.4 Å². The van der Waals surface area contributed by atoms with Gasteiger partial charge in [-0.05, 0) is 61.4 Å². The highest BCUT2D eigenvalue weighted by molar-refractivity contribution is 7.92. The number of anilines is 3. The van der Waals surface area contributed by atoms with Crippen molar-refractivity contribution in [1.82, 2.24) is 9.97 Å². The number of nitrogens with zero attached hydrogens (tertiary/aromatic N) is 2. The fraction of sp³-hybridized carbons (Fsp3) is 0.167. The van der Waals surface area contributed by atoms with E-state index in [2.05, 4.69) is 20.0 Å². The zero-order valence-corrected chi connectivity index (χ0v) is 19.5. The van der Waals surface area contributed by atoms with E-state index in [0.29, 0.717) is 28.2 Å². The van der Waals surface area contributed by atoms with E-state index in [0.717, 1.165) is 11.1 Å². The van der Waals surface area contributed by atoms with Crippen LogP contribution in [-0.2, 0) is 10.0 Å². The van der Waals surface area contributed by atoms with Crippen molar-refractivity contribution in [3.63, 3.8) is 0 Å². The Kier molecular flexibility index (Phi) is 6.06. The molecule has 4 aromatic rings. The third-order valence-electron chi connectivity index (χ3n) is 5.25. The quantitative estimate of drug-likeness (QED) is 0.405. The minimum absolute atomic E-state index is 0.0665. The Bertz CT molecular complexity index is 1440. The summed E-state index contributed by atoms with van der Waals surface area (Å²) in [5, 5.41) is 3.15. The Hall–Kier alpha value is -3.85. The molecule has 0 aliphatic heterocycles. The molecule has 0 amide bonds. The van der Waals surface area contributed by atoms with Gasteiger partial charge < -0.3 is 14.8 Å². The van der Waals surface area contributed by atoms with E-state index in [1.54, 1.807) is 62.8 Å². The number of ether oxygens (including phenoxy) is 2. The van der Waals surface area contributed by atoms with Crippen LogP contribution in [0.25, 0.3) is 11.0 Å². The molecule has 3 aromatic carbocycles. The maximum absolute atomic E-state index is 13.2. The van der Waals surface area contributed by atoms with Crippen molar-refractivity contribution in [2.75, 3.05) is 24.3 Å². The van der Waals surface area contributed by atoms with E-state index in [4.69, 9.17) is 9.47 Å². The minimum Gasteiger partial charge on any atom is -0.497 e. The summed E-state index contributed by atoms with van der Waals surface area (Å²) in [5.41, 5.74) is 3.59. The largest absolute Gasteiger partial charge is 0.497 e. The Labute approximate surface area is 192 Å². The summed E-state index contributed by atoms with van der Waals surface area (Å²) >= 11 is 0.